The predicted octanol–water partition coefficient (Wildman–Crippen LogP) is 2.15. The summed E-state index contributed by atoms with van der Waals surface area (Å²) in [6.07, 6.45) is 4.33. The highest BCUT2D eigenvalue weighted by molar-refractivity contribution is 5.54. The summed E-state index contributed by atoms with van der Waals surface area (Å²) >= 11 is 0. The molecule has 0 amide bonds. The smallest absolute Gasteiger partial charge is 0.168 e. The summed E-state index contributed by atoms with van der Waals surface area (Å²) in [4.78, 5) is 0. The van der Waals surface area contributed by atoms with Gasteiger partial charge < -0.3 is 19.5 Å². The Morgan fingerprint density at radius 3 is 2.95 bits per heavy atom. The summed E-state index contributed by atoms with van der Waals surface area (Å²) in [5, 5.41) is 3.53. The molecule has 0 aromatic heterocycles. The van der Waals surface area contributed by atoms with E-state index < -0.39 is 0 Å². The first-order valence-electron chi connectivity index (χ1n) is 7.07. The van der Waals surface area contributed by atoms with E-state index >= 15 is 0 Å². The minimum absolute atomic E-state index is 0.521. The van der Waals surface area contributed by atoms with Gasteiger partial charge in [0.2, 0.25) is 0 Å². The van der Waals surface area contributed by atoms with Gasteiger partial charge in [-0.05, 0) is 37.9 Å². The van der Waals surface area contributed by atoms with Crippen molar-refractivity contribution in [3.05, 3.63) is 17.7 Å². The van der Waals surface area contributed by atoms with Gasteiger partial charge in [0.05, 0.1) is 20.3 Å². The van der Waals surface area contributed by atoms with Crippen LogP contribution in [0.1, 0.15) is 24.8 Å². The van der Waals surface area contributed by atoms with Crippen molar-refractivity contribution in [2.75, 3.05) is 26.9 Å². The van der Waals surface area contributed by atoms with Gasteiger partial charge in [-0.15, -0.1) is 0 Å². The molecule has 0 spiro atoms. The molecule has 1 atom stereocenters. The molecule has 1 aromatic rings. The summed E-state index contributed by atoms with van der Waals surface area (Å²) in [5.41, 5.74) is 1.14. The van der Waals surface area contributed by atoms with Crippen LogP contribution >= 0.6 is 0 Å². The molecule has 2 aliphatic rings. The lowest BCUT2D eigenvalue weighted by Gasteiger charge is -2.18. The van der Waals surface area contributed by atoms with Crippen LogP contribution in [0.15, 0.2) is 12.1 Å². The van der Waals surface area contributed by atoms with Crippen molar-refractivity contribution >= 4 is 0 Å². The highest BCUT2D eigenvalue weighted by Gasteiger charge is 2.23. The topological polar surface area (TPSA) is 39.7 Å². The molecular weight excluding hydrogens is 242 g/mol. The van der Waals surface area contributed by atoms with Crippen LogP contribution < -0.4 is 19.5 Å². The fraction of sp³-hybridized carbons (Fsp3) is 0.600. The largest absolute Gasteiger partial charge is 0.496 e. The van der Waals surface area contributed by atoms with E-state index in [0.717, 1.165) is 48.8 Å². The van der Waals surface area contributed by atoms with E-state index in [2.05, 4.69) is 5.32 Å². The average Bonchev–Trinajstić information content (AvgIpc) is 2.82. The first-order valence-corrected chi connectivity index (χ1v) is 7.07. The van der Waals surface area contributed by atoms with Crippen LogP contribution in [-0.2, 0) is 6.42 Å². The minimum Gasteiger partial charge on any atom is -0.496 e. The van der Waals surface area contributed by atoms with Crippen molar-refractivity contribution in [1.29, 1.82) is 0 Å². The number of nitrogens with one attached hydrogen (secondary N) is 1. The molecule has 0 aliphatic carbocycles. The van der Waals surface area contributed by atoms with Crippen LogP contribution in [0.4, 0.5) is 0 Å². The Morgan fingerprint density at radius 2 is 2.16 bits per heavy atom. The molecule has 1 fully saturated rings. The SMILES string of the molecule is COc1ccc2c(c1CC1CCCN1)OCCCO2. The van der Waals surface area contributed by atoms with Crippen molar-refractivity contribution in [2.45, 2.75) is 31.7 Å². The molecule has 3 rings (SSSR count). The lowest BCUT2D eigenvalue weighted by molar-refractivity contribution is 0.295. The number of hydrogen-bond donors (Lipinski definition) is 1. The summed E-state index contributed by atoms with van der Waals surface area (Å²) < 4.78 is 17.2. The monoisotopic (exact) mass is 263 g/mol. The highest BCUT2D eigenvalue weighted by atomic mass is 16.5. The van der Waals surface area contributed by atoms with E-state index in [1.165, 1.54) is 12.8 Å². The fourth-order valence-electron chi connectivity index (χ4n) is 2.84. The highest BCUT2D eigenvalue weighted by Crippen LogP contribution is 2.40. The zero-order valence-corrected chi connectivity index (χ0v) is 11.4. The molecule has 0 saturated carbocycles. The van der Waals surface area contributed by atoms with Gasteiger partial charge in [-0.3, -0.25) is 0 Å². The molecule has 4 heteroatoms. The summed E-state index contributed by atoms with van der Waals surface area (Å²) in [6, 6.07) is 4.45. The number of methoxy groups -OCH3 is 1. The Balaban J connectivity index is 1.93. The Morgan fingerprint density at radius 1 is 1.26 bits per heavy atom. The molecule has 19 heavy (non-hydrogen) atoms. The number of benzene rings is 1. The molecule has 104 valence electrons. The van der Waals surface area contributed by atoms with Crippen LogP contribution in [0, 0.1) is 0 Å². The second-order valence-electron chi connectivity index (χ2n) is 5.12. The Bertz CT molecular complexity index is 441. The van der Waals surface area contributed by atoms with Crippen molar-refractivity contribution < 1.29 is 14.2 Å². The van der Waals surface area contributed by atoms with E-state index in [4.69, 9.17) is 14.2 Å². The van der Waals surface area contributed by atoms with Gasteiger partial charge in [-0.2, -0.15) is 0 Å². The number of fused-ring (bicyclic) bond motifs is 1. The zero-order chi connectivity index (χ0) is 13.1. The lowest BCUT2D eigenvalue weighted by Crippen LogP contribution is -2.24. The van der Waals surface area contributed by atoms with Gasteiger partial charge in [0, 0.05) is 18.0 Å². The number of rotatable bonds is 3. The summed E-state index contributed by atoms with van der Waals surface area (Å²) in [7, 11) is 1.71. The van der Waals surface area contributed by atoms with Crippen LogP contribution in [0.25, 0.3) is 0 Å². The Labute approximate surface area is 114 Å². The molecule has 1 saturated heterocycles. The molecule has 0 bridgehead atoms. The maximum atomic E-state index is 5.90. The van der Waals surface area contributed by atoms with Crippen LogP contribution in [0.5, 0.6) is 17.2 Å². The minimum atomic E-state index is 0.521. The molecule has 2 aliphatic heterocycles. The van der Waals surface area contributed by atoms with Crippen LogP contribution in [0.2, 0.25) is 0 Å². The van der Waals surface area contributed by atoms with Crippen LogP contribution in [0.3, 0.4) is 0 Å². The van der Waals surface area contributed by atoms with Gasteiger partial charge in [-0.25, -0.2) is 0 Å². The van der Waals surface area contributed by atoms with E-state index in [1.54, 1.807) is 7.11 Å². The molecule has 1 N–H and O–H groups in total. The number of ether oxygens (including phenoxy) is 3. The van der Waals surface area contributed by atoms with Gasteiger partial charge in [-0.1, -0.05) is 0 Å². The van der Waals surface area contributed by atoms with Gasteiger partial charge in [0.1, 0.15) is 5.75 Å². The Hall–Kier alpha value is -1.42. The quantitative estimate of drug-likeness (QED) is 0.907. The zero-order valence-electron chi connectivity index (χ0n) is 11.4. The number of hydrogen-bond acceptors (Lipinski definition) is 4. The van der Waals surface area contributed by atoms with Crippen molar-refractivity contribution in [1.82, 2.24) is 5.32 Å². The lowest BCUT2D eigenvalue weighted by atomic mass is 10.0. The van der Waals surface area contributed by atoms with E-state index in [1.807, 2.05) is 12.1 Å². The van der Waals surface area contributed by atoms with Crippen molar-refractivity contribution in [2.24, 2.45) is 0 Å². The molecule has 2 heterocycles. The maximum absolute atomic E-state index is 5.90. The maximum Gasteiger partial charge on any atom is 0.168 e. The third-order valence-electron chi connectivity index (χ3n) is 3.81. The standard InChI is InChI=1S/C15H21NO3/c1-17-13-5-6-14-15(19-9-3-8-18-14)12(13)10-11-4-2-7-16-11/h5-6,11,16H,2-4,7-10H2,1H3. The average molecular weight is 263 g/mol. The van der Waals surface area contributed by atoms with E-state index in [9.17, 15) is 0 Å². The van der Waals surface area contributed by atoms with E-state index in [0.29, 0.717) is 12.6 Å². The van der Waals surface area contributed by atoms with Gasteiger partial charge in [0.25, 0.3) is 0 Å². The van der Waals surface area contributed by atoms with E-state index in [-0.39, 0.29) is 0 Å². The van der Waals surface area contributed by atoms with Crippen molar-refractivity contribution in [3.8, 4) is 17.2 Å². The second-order valence-corrected chi connectivity index (χ2v) is 5.12. The Kier molecular flexibility index (Phi) is 3.78. The van der Waals surface area contributed by atoms with Crippen LogP contribution in [-0.4, -0.2) is 32.9 Å². The normalized spacial score (nSPS) is 22.1. The first-order chi connectivity index (χ1) is 9.38. The summed E-state index contributed by atoms with van der Waals surface area (Å²) in [5.74, 6) is 2.63. The fourth-order valence-corrected chi connectivity index (χ4v) is 2.84. The predicted molar refractivity (Wildman–Crippen MR) is 73.3 cm³/mol. The second kappa shape index (κ2) is 5.70. The third kappa shape index (κ3) is 2.63. The molecular formula is C15H21NO3. The molecule has 4 nitrogen and oxygen atoms in total. The first kappa shape index (κ1) is 12.6. The molecule has 1 aromatic carbocycles. The van der Waals surface area contributed by atoms with Gasteiger partial charge >= 0.3 is 0 Å². The van der Waals surface area contributed by atoms with Crippen molar-refractivity contribution in [3.63, 3.8) is 0 Å². The third-order valence-corrected chi connectivity index (χ3v) is 3.81. The summed E-state index contributed by atoms with van der Waals surface area (Å²) in [6.45, 7) is 2.55. The molecule has 1 unspecified atom stereocenters. The van der Waals surface area contributed by atoms with Gasteiger partial charge in [0.15, 0.2) is 11.5 Å². The molecule has 0 radical (unpaired) electrons.